The van der Waals surface area contributed by atoms with Crippen molar-refractivity contribution in [3.8, 4) is 0 Å². The van der Waals surface area contributed by atoms with Crippen LogP contribution < -0.4 is 5.32 Å². The van der Waals surface area contributed by atoms with Gasteiger partial charge in [0, 0.05) is 19.5 Å². The predicted octanol–water partition coefficient (Wildman–Crippen LogP) is 1.29. The number of likely N-dealkylation sites (tertiary alicyclic amines) is 1. The molecule has 1 saturated heterocycles. The van der Waals surface area contributed by atoms with Crippen LogP contribution in [0.4, 0.5) is 4.79 Å². The molecule has 0 spiro atoms. The molecule has 0 aromatic heterocycles. The molecule has 6 nitrogen and oxygen atoms in total. The van der Waals surface area contributed by atoms with Crippen molar-refractivity contribution >= 4 is 12.0 Å². The van der Waals surface area contributed by atoms with E-state index in [-0.39, 0.29) is 25.5 Å². The average Bonchev–Trinajstić information content (AvgIpc) is 3.08. The normalized spacial score (nSPS) is 15.4. The number of aliphatic hydroxyl groups is 1. The Labute approximate surface area is 130 Å². The van der Waals surface area contributed by atoms with Crippen LogP contribution in [0.3, 0.4) is 0 Å². The molecule has 1 aliphatic rings. The Kier molecular flexibility index (Phi) is 6.21. The molecule has 1 atom stereocenters. The highest BCUT2D eigenvalue weighted by atomic mass is 16.5. The molecule has 2 rings (SSSR count). The first kappa shape index (κ1) is 16.3. The number of nitrogens with one attached hydrogen (secondary N) is 1. The van der Waals surface area contributed by atoms with E-state index in [4.69, 9.17) is 4.74 Å². The van der Waals surface area contributed by atoms with Crippen molar-refractivity contribution in [2.75, 3.05) is 19.7 Å². The molecule has 0 bridgehead atoms. The quantitative estimate of drug-likeness (QED) is 0.830. The number of alkyl carbamates (subject to hydrolysis) is 1. The minimum Gasteiger partial charge on any atom is -0.445 e. The highest BCUT2D eigenvalue weighted by Gasteiger charge is 2.22. The Morgan fingerprint density at radius 1 is 1.23 bits per heavy atom. The lowest BCUT2D eigenvalue weighted by Crippen LogP contribution is -2.42. The minimum absolute atomic E-state index is 0.0418. The lowest BCUT2D eigenvalue weighted by molar-refractivity contribution is -0.130. The van der Waals surface area contributed by atoms with Crippen LogP contribution in [0, 0.1) is 0 Å². The van der Waals surface area contributed by atoms with Gasteiger partial charge in [-0.2, -0.15) is 0 Å². The van der Waals surface area contributed by atoms with Gasteiger partial charge in [0.2, 0.25) is 5.91 Å². The van der Waals surface area contributed by atoms with Crippen LogP contribution in [0.5, 0.6) is 0 Å². The number of hydrogen-bond acceptors (Lipinski definition) is 4. The number of rotatable bonds is 6. The van der Waals surface area contributed by atoms with E-state index in [2.05, 4.69) is 5.32 Å². The summed E-state index contributed by atoms with van der Waals surface area (Å²) in [4.78, 5) is 25.5. The standard InChI is InChI=1S/C16H22N2O4/c19-11-14(10-15(20)18-8-4-5-9-18)17-16(21)22-12-13-6-2-1-3-7-13/h1-3,6-7,14,19H,4-5,8-12H2,(H,17,21)/t14-/m1/s1. The third kappa shape index (κ3) is 5.04. The second kappa shape index (κ2) is 8.38. The number of ether oxygens (including phenoxy) is 1. The molecular formula is C16H22N2O4. The molecule has 6 heteroatoms. The molecule has 0 radical (unpaired) electrons. The average molecular weight is 306 g/mol. The van der Waals surface area contributed by atoms with Gasteiger partial charge in [0.15, 0.2) is 0 Å². The van der Waals surface area contributed by atoms with Crippen LogP contribution in [0.25, 0.3) is 0 Å². The summed E-state index contributed by atoms with van der Waals surface area (Å²) in [7, 11) is 0. The Balaban J connectivity index is 1.74. The number of aliphatic hydroxyl groups excluding tert-OH is 1. The summed E-state index contributed by atoms with van der Waals surface area (Å²) in [6, 6.07) is 8.71. The van der Waals surface area contributed by atoms with Gasteiger partial charge in [-0.15, -0.1) is 0 Å². The second-order valence-electron chi connectivity index (χ2n) is 5.38. The highest BCUT2D eigenvalue weighted by molar-refractivity contribution is 5.78. The second-order valence-corrected chi connectivity index (χ2v) is 5.38. The van der Waals surface area contributed by atoms with Gasteiger partial charge in [-0.1, -0.05) is 30.3 Å². The Bertz CT molecular complexity index is 486. The van der Waals surface area contributed by atoms with Crippen molar-refractivity contribution in [2.45, 2.75) is 31.9 Å². The van der Waals surface area contributed by atoms with Crippen molar-refractivity contribution in [1.82, 2.24) is 10.2 Å². The molecular weight excluding hydrogens is 284 g/mol. The molecule has 2 N–H and O–H groups in total. The van der Waals surface area contributed by atoms with Crippen LogP contribution in [-0.4, -0.2) is 47.7 Å². The van der Waals surface area contributed by atoms with Crippen LogP contribution >= 0.6 is 0 Å². The third-order valence-electron chi connectivity index (χ3n) is 3.63. The molecule has 1 aliphatic heterocycles. The van der Waals surface area contributed by atoms with E-state index >= 15 is 0 Å². The Hall–Kier alpha value is -2.08. The van der Waals surface area contributed by atoms with Gasteiger partial charge >= 0.3 is 6.09 Å². The van der Waals surface area contributed by atoms with E-state index in [1.54, 1.807) is 4.90 Å². The predicted molar refractivity (Wildman–Crippen MR) is 81.1 cm³/mol. The van der Waals surface area contributed by atoms with Gasteiger partial charge in [-0.05, 0) is 18.4 Å². The topological polar surface area (TPSA) is 78.9 Å². The number of hydrogen-bond donors (Lipinski definition) is 2. The monoisotopic (exact) mass is 306 g/mol. The molecule has 0 aliphatic carbocycles. The van der Waals surface area contributed by atoms with Crippen molar-refractivity contribution in [3.63, 3.8) is 0 Å². The van der Waals surface area contributed by atoms with Gasteiger partial charge in [0.1, 0.15) is 6.61 Å². The summed E-state index contributed by atoms with van der Waals surface area (Å²) in [5.74, 6) is -0.0418. The van der Waals surface area contributed by atoms with Crippen LogP contribution in [0.15, 0.2) is 30.3 Å². The number of carbonyl (C=O) groups excluding carboxylic acids is 2. The first-order valence-electron chi connectivity index (χ1n) is 7.55. The van der Waals surface area contributed by atoms with Crippen LogP contribution in [0.1, 0.15) is 24.8 Å². The summed E-state index contributed by atoms with van der Waals surface area (Å²) in [6.45, 7) is 1.38. The van der Waals surface area contributed by atoms with Gasteiger partial charge in [-0.25, -0.2) is 4.79 Å². The summed E-state index contributed by atoms with van der Waals surface area (Å²) in [5, 5.41) is 11.8. The van der Waals surface area contributed by atoms with E-state index in [0.717, 1.165) is 31.5 Å². The molecule has 1 aromatic carbocycles. The van der Waals surface area contributed by atoms with E-state index in [0.29, 0.717) is 0 Å². The molecule has 0 saturated carbocycles. The minimum atomic E-state index is -0.628. The maximum absolute atomic E-state index is 12.0. The molecule has 1 fully saturated rings. The summed E-state index contributed by atoms with van der Waals surface area (Å²) in [5.41, 5.74) is 0.881. The van der Waals surface area contributed by atoms with E-state index in [1.165, 1.54) is 0 Å². The van der Waals surface area contributed by atoms with Gasteiger partial charge in [-0.3, -0.25) is 4.79 Å². The molecule has 22 heavy (non-hydrogen) atoms. The molecule has 1 aromatic rings. The Morgan fingerprint density at radius 3 is 2.55 bits per heavy atom. The zero-order chi connectivity index (χ0) is 15.8. The highest BCUT2D eigenvalue weighted by Crippen LogP contribution is 2.10. The smallest absolute Gasteiger partial charge is 0.407 e. The number of benzene rings is 1. The molecule has 120 valence electrons. The fourth-order valence-electron chi connectivity index (χ4n) is 2.40. The molecule has 1 heterocycles. The van der Waals surface area contributed by atoms with Gasteiger partial charge < -0.3 is 20.1 Å². The van der Waals surface area contributed by atoms with Crippen LogP contribution in [0.2, 0.25) is 0 Å². The zero-order valence-electron chi connectivity index (χ0n) is 12.5. The zero-order valence-corrected chi connectivity index (χ0v) is 12.5. The van der Waals surface area contributed by atoms with Crippen molar-refractivity contribution < 1.29 is 19.4 Å². The fraction of sp³-hybridized carbons (Fsp3) is 0.500. The maximum atomic E-state index is 12.0. The number of nitrogens with zero attached hydrogens (tertiary/aromatic N) is 1. The molecule has 0 unspecified atom stereocenters. The number of amides is 2. The van der Waals surface area contributed by atoms with Gasteiger partial charge in [0.25, 0.3) is 0 Å². The SMILES string of the molecule is O=C(N[C@@H](CO)CC(=O)N1CCCC1)OCc1ccccc1. The van der Waals surface area contributed by atoms with E-state index in [9.17, 15) is 14.7 Å². The van der Waals surface area contributed by atoms with E-state index in [1.807, 2.05) is 30.3 Å². The van der Waals surface area contributed by atoms with Gasteiger partial charge in [0.05, 0.1) is 12.6 Å². The first-order chi connectivity index (χ1) is 10.7. The van der Waals surface area contributed by atoms with E-state index < -0.39 is 12.1 Å². The molecule has 2 amide bonds. The lowest BCUT2D eigenvalue weighted by Gasteiger charge is -2.20. The Morgan fingerprint density at radius 2 is 1.91 bits per heavy atom. The summed E-state index contributed by atoms with van der Waals surface area (Å²) < 4.78 is 5.08. The third-order valence-corrected chi connectivity index (χ3v) is 3.63. The largest absolute Gasteiger partial charge is 0.445 e. The number of carbonyl (C=O) groups is 2. The summed E-state index contributed by atoms with van der Waals surface area (Å²) in [6.07, 6.45) is 1.50. The van der Waals surface area contributed by atoms with Crippen molar-refractivity contribution in [3.05, 3.63) is 35.9 Å². The van der Waals surface area contributed by atoms with Crippen molar-refractivity contribution in [2.24, 2.45) is 0 Å². The maximum Gasteiger partial charge on any atom is 0.407 e. The fourth-order valence-corrected chi connectivity index (χ4v) is 2.40. The lowest BCUT2D eigenvalue weighted by atomic mass is 10.2. The van der Waals surface area contributed by atoms with Crippen molar-refractivity contribution in [1.29, 1.82) is 0 Å². The first-order valence-corrected chi connectivity index (χ1v) is 7.55. The van der Waals surface area contributed by atoms with Crippen LogP contribution in [-0.2, 0) is 16.1 Å². The summed E-state index contributed by atoms with van der Waals surface area (Å²) >= 11 is 0.